The minimum atomic E-state index is -1.04. The summed E-state index contributed by atoms with van der Waals surface area (Å²) < 4.78 is 5.75. The van der Waals surface area contributed by atoms with Gasteiger partial charge in [-0.05, 0) is 25.0 Å². The molecule has 2 aromatic rings. The van der Waals surface area contributed by atoms with E-state index in [2.05, 4.69) is 4.98 Å². The number of para-hydroxylation sites is 1. The number of aryl methyl sites for hydroxylation is 2. The maximum atomic E-state index is 11.2. The molecule has 0 amide bonds. The van der Waals surface area contributed by atoms with Crippen molar-refractivity contribution in [3.8, 4) is 11.5 Å². The fourth-order valence-corrected chi connectivity index (χ4v) is 1.79. The second kappa shape index (κ2) is 5.52. The van der Waals surface area contributed by atoms with Crippen molar-refractivity contribution in [2.75, 3.05) is 0 Å². The van der Waals surface area contributed by atoms with Crippen LogP contribution in [0.2, 0.25) is 0 Å². The summed E-state index contributed by atoms with van der Waals surface area (Å²) in [7, 11) is 0. The van der Waals surface area contributed by atoms with Crippen molar-refractivity contribution in [1.29, 1.82) is 0 Å². The Morgan fingerprint density at radius 3 is 2.74 bits per heavy atom. The topological polar surface area (TPSA) is 59.4 Å². The Morgan fingerprint density at radius 1 is 1.32 bits per heavy atom. The number of carbonyl (C=O) groups is 1. The molecule has 0 saturated carbocycles. The second-order valence-electron chi connectivity index (χ2n) is 4.19. The van der Waals surface area contributed by atoms with E-state index in [1.54, 1.807) is 13.0 Å². The first-order valence-corrected chi connectivity index (χ1v) is 6.07. The molecule has 0 aliphatic heterocycles. The Labute approximate surface area is 111 Å². The van der Waals surface area contributed by atoms with Gasteiger partial charge in [-0.2, -0.15) is 0 Å². The summed E-state index contributed by atoms with van der Waals surface area (Å²) in [5.41, 5.74) is 1.82. The maximum Gasteiger partial charge on any atom is 0.341 e. The highest BCUT2D eigenvalue weighted by atomic mass is 16.5. The third kappa shape index (κ3) is 2.91. The highest BCUT2D eigenvalue weighted by Gasteiger charge is 2.14. The highest BCUT2D eigenvalue weighted by Crippen LogP contribution is 2.28. The van der Waals surface area contributed by atoms with E-state index >= 15 is 0 Å². The van der Waals surface area contributed by atoms with Crippen LogP contribution >= 0.6 is 0 Å². The second-order valence-corrected chi connectivity index (χ2v) is 4.19. The molecule has 0 atom stereocenters. The average Bonchev–Trinajstić information content (AvgIpc) is 2.39. The third-order valence-electron chi connectivity index (χ3n) is 2.81. The van der Waals surface area contributed by atoms with Crippen molar-refractivity contribution in [1.82, 2.24) is 4.98 Å². The van der Waals surface area contributed by atoms with E-state index in [1.165, 1.54) is 6.20 Å². The molecular weight excluding hydrogens is 242 g/mol. The van der Waals surface area contributed by atoms with E-state index in [1.807, 2.05) is 31.2 Å². The van der Waals surface area contributed by atoms with Crippen LogP contribution in [-0.2, 0) is 6.42 Å². The maximum absolute atomic E-state index is 11.2. The predicted octanol–water partition coefficient (Wildman–Crippen LogP) is 3.44. The Kier molecular flexibility index (Phi) is 3.80. The molecule has 1 aromatic heterocycles. The van der Waals surface area contributed by atoms with Crippen LogP contribution in [0.4, 0.5) is 0 Å². The van der Waals surface area contributed by atoms with Gasteiger partial charge >= 0.3 is 5.97 Å². The largest absolute Gasteiger partial charge is 0.477 e. The molecule has 0 fully saturated rings. The molecule has 4 heteroatoms. The zero-order chi connectivity index (χ0) is 13.8. The summed E-state index contributed by atoms with van der Waals surface area (Å²) in [6.07, 6.45) is 2.14. The fraction of sp³-hybridized carbons (Fsp3) is 0.200. The van der Waals surface area contributed by atoms with Crippen LogP contribution in [0.5, 0.6) is 11.5 Å². The van der Waals surface area contributed by atoms with Crippen molar-refractivity contribution < 1.29 is 14.6 Å². The van der Waals surface area contributed by atoms with E-state index in [0.717, 1.165) is 12.0 Å². The Bertz CT molecular complexity index is 608. The molecule has 0 aliphatic rings. The highest BCUT2D eigenvalue weighted by molar-refractivity contribution is 5.90. The SMILES string of the molecule is CCc1ccccc1Oc1cc(C)ncc1C(=O)O. The van der Waals surface area contributed by atoms with Crippen LogP contribution in [0.15, 0.2) is 36.5 Å². The number of ether oxygens (including phenoxy) is 1. The van der Waals surface area contributed by atoms with Gasteiger partial charge in [-0.3, -0.25) is 4.98 Å². The van der Waals surface area contributed by atoms with Gasteiger partial charge in [-0.15, -0.1) is 0 Å². The standard InChI is InChI=1S/C15H15NO3/c1-3-11-6-4-5-7-13(11)19-14-8-10(2)16-9-12(14)15(17)18/h4-9H,3H2,1-2H3,(H,17,18). The van der Waals surface area contributed by atoms with Crippen LogP contribution in [0.25, 0.3) is 0 Å². The lowest BCUT2D eigenvalue weighted by Gasteiger charge is -2.12. The number of rotatable bonds is 4. The van der Waals surface area contributed by atoms with Gasteiger partial charge in [0, 0.05) is 18.0 Å². The molecule has 0 saturated heterocycles. The molecule has 1 N–H and O–H groups in total. The Hall–Kier alpha value is -2.36. The molecule has 0 bridgehead atoms. The lowest BCUT2D eigenvalue weighted by molar-refractivity contribution is 0.0693. The molecule has 4 nitrogen and oxygen atoms in total. The van der Waals surface area contributed by atoms with Gasteiger partial charge in [0.1, 0.15) is 17.1 Å². The van der Waals surface area contributed by atoms with Gasteiger partial charge in [0.05, 0.1) is 0 Å². The molecule has 0 aliphatic carbocycles. The summed E-state index contributed by atoms with van der Waals surface area (Å²) >= 11 is 0. The number of hydrogen-bond donors (Lipinski definition) is 1. The molecule has 0 unspecified atom stereocenters. The first kappa shape index (κ1) is 13.1. The number of benzene rings is 1. The van der Waals surface area contributed by atoms with Gasteiger partial charge in [0.15, 0.2) is 0 Å². The first-order valence-electron chi connectivity index (χ1n) is 6.07. The van der Waals surface area contributed by atoms with Crippen LogP contribution in [-0.4, -0.2) is 16.1 Å². The number of hydrogen-bond acceptors (Lipinski definition) is 3. The van der Waals surface area contributed by atoms with E-state index in [0.29, 0.717) is 17.2 Å². The molecule has 19 heavy (non-hydrogen) atoms. The quantitative estimate of drug-likeness (QED) is 0.911. The Balaban J connectivity index is 2.42. The zero-order valence-corrected chi connectivity index (χ0v) is 10.9. The molecular formula is C15H15NO3. The van der Waals surface area contributed by atoms with E-state index in [-0.39, 0.29) is 5.56 Å². The minimum Gasteiger partial charge on any atom is -0.477 e. The first-order chi connectivity index (χ1) is 9.11. The van der Waals surface area contributed by atoms with Gasteiger partial charge in [0.25, 0.3) is 0 Å². The smallest absolute Gasteiger partial charge is 0.341 e. The summed E-state index contributed by atoms with van der Waals surface area (Å²) in [4.78, 5) is 15.1. The molecule has 0 spiro atoms. The predicted molar refractivity (Wildman–Crippen MR) is 71.8 cm³/mol. The van der Waals surface area contributed by atoms with Crippen LogP contribution in [0, 0.1) is 6.92 Å². The van der Waals surface area contributed by atoms with Gasteiger partial charge in [0.2, 0.25) is 0 Å². The van der Waals surface area contributed by atoms with E-state index in [4.69, 9.17) is 9.84 Å². The zero-order valence-electron chi connectivity index (χ0n) is 10.9. The van der Waals surface area contributed by atoms with Crippen molar-refractivity contribution >= 4 is 5.97 Å². The molecule has 2 rings (SSSR count). The number of nitrogens with zero attached hydrogens (tertiary/aromatic N) is 1. The van der Waals surface area contributed by atoms with E-state index < -0.39 is 5.97 Å². The fourth-order valence-electron chi connectivity index (χ4n) is 1.79. The minimum absolute atomic E-state index is 0.0662. The monoisotopic (exact) mass is 257 g/mol. The van der Waals surface area contributed by atoms with Crippen LogP contribution in [0.1, 0.15) is 28.5 Å². The summed E-state index contributed by atoms with van der Waals surface area (Å²) in [5, 5.41) is 9.14. The summed E-state index contributed by atoms with van der Waals surface area (Å²) in [6.45, 7) is 3.82. The van der Waals surface area contributed by atoms with Crippen LogP contribution in [0.3, 0.4) is 0 Å². The summed E-state index contributed by atoms with van der Waals surface area (Å²) in [5.74, 6) is -0.0459. The van der Waals surface area contributed by atoms with Gasteiger partial charge < -0.3 is 9.84 Å². The number of carboxylic acids is 1. The number of pyridine rings is 1. The molecule has 1 heterocycles. The van der Waals surface area contributed by atoms with Gasteiger partial charge in [-0.1, -0.05) is 25.1 Å². The Morgan fingerprint density at radius 2 is 2.05 bits per heavy atom. The average molecular weight is 257 g/mol. The number of aromatic carboxylic acids is 1. The third-order valence-corrected chi connectivity index (χ3v) is 2.81. The van der Waals surface area contributed by atoms with Crippen molar-refractivity contribution in [3.63, 3.8) is 0 Å². The van der Waals surface area contributed by atoms with Gasteiger partial charge in [-0.25, -0.2) is 4.79 Å². The number of carboxylic acid groups (broad SMARTS) is 1. The molecule has 98 valence electrons. The van der Waals surface area contributed by atoms with Crippen LogP contribution < -0.4 is 4.74 Å². The van der Waals surface area contributed by atoms with Crippen molar-refractivity contribution in [2.45, 2.75) is 20.3 Å². The number of aromatic nitrogens is 1. The summed E-state index contributed by atoms with van der Waals surface area (Å²) in [6, 6.07) is 9.23. The molecule has 1 aromatic carbocycles. The van der Waals surface area contributed by atoms with Crippen molar-refractivity contribution in [3.05, 3.63) is 53.3 Å². The lowest BCUT2D eigenvalue weighted by atomic mass is 10.1. The van der Waals surface area contributed by atoms with E-state index in [9.17, 15) is 4.79 Å². The lowest BCUT2D eigenvalue weighted by Crippen LogP contribution is -2.02. The van der Waals surface area contributed by atoms with Crippen molar-refractivity contribution in [2.24, 2.45) is 0 Å². The molecule has 0 radical (unpaired) electrons. The normalized spacial score (nSPS) is 10.2.